The summed E-state index contributed by atoms with van der Waals surface area (Å²) in [7, 11) is 3.90. The van der Waals surface area contributed by atoms with Crippen LogP contribution in [0.2, 0.25) is 0 Å². The Hall–Kier alpha value is -3.40. The zero-order valence-electron chi connectivity index (χ0n) is 16.4. The molecule has 1 saturated heterocycles. The summed E-state index contributed by atoms with van der Waals surface area (Å²) in [5, 5.41) is 10.6. The second-order valence-electron chi connectivity index (χ2n) is 7.20. The average Bonchev–Trinajstić information content (AvgIpc) is 2.72. The van der Waals surface area contributed by atoms with Gasteiger partial charge in [0, 0.05) is 57.4 Å². The molecule has 0 radical (unpaired) electrons. The molecule has 142 valence electrons. The van der Waals surface area contributed by atoms with Gasteiger partial charge in [-0.25, -0.2) is 9.97 Å². The molecular weight excluding hydrogens is 350 g/mol. The molecule has 7 nitrogen and oxygen atoms in total. The van der Waals surface area contributed by atoms with Crippen LogP contribution in [0.25, 0.3) is 10.9 Å². The average molecular weight is 373 g/mol. The molecule has 1 aliphatic heterocycles. The molecule has 0 amide bonds. The van der Waals surface area contributed by atoms with E-state index >= 15 is 0 Å². The predicted molar refractivity (Wildman–Crippen MR) is 112 cm³/mol. The molecule has 0 spiro atoms. The van der Waals surface area contributed by atoms with Crippen LogP contribution >= 0.6 is 0 Å². The Morgan fingerprint density at radius 3 is 2.39 bits per heavy atom. The first-order chi connectivity index (χ1) is 13.5. The van der Waals surface area contributed by atoms with Crippen LogP contribution in [0.15, 0.2) is 36.4 Å². The molecule has 1 aliphatic rings. The zero-order valence-corrected chi connectivity index (χ0v) is 16.4. The summed E-state index contributed by atoms with van der Waals surface area (Å²) < 4.78 is 0. The maximum Gasteiger partial charge on any atom is 0.226 e. The molecule has 0 saturated carbocycles. The highest BCUT2D eigenvalue weighted by Gasteiger charge is 2.22. The molecule has 0 N–H and O–H groups in total. The van der Waals surface area contributed by atoms with Crippen LogP contribution in [0, 0.1) is 18.3 Å². The van der Waals surface area contributed by atoms with E-state index in [2.05, 4.69) is 25.8 Å². The topological polar surface area (TPSA) is 72.2 Å². The lowest BCUT2D eigenvalue weighted by atomic mass is 10.1. The van der Waals surface area contributed by atoms with Crippen molar-refractivity contribution in [3.05, 3.63) is 47.7 Å². The molecule has 0 aliphatic carbocycles. The van der Waals surface area contributed by atoms with E-state index in [-0.39, 0.29) is 0 Å². The van der Waals surface area contributed by atoms with Crippen molar-refractivity contribution in [1.29, 1.82) is 5.26 Å². The molecule has 7 heteroatoms. The minimum atomic E-state index is 0.625. The number of fused-ring (bicyclic) bond motifs is 1. The number of nitrogens with zero attached hydrogens (tertiary/aromatic N) is 7. The molecule has 0 bridgehead atoms. The van der Waals surface area contributed by atoms with Gasteiger partial charge in [-0.3, -0.25) is 0 Å². The minimum absolute atomic E-state index is 0.625. The highest BCUT2D eigenvalue weighted by molar-refractivity contribution is 5.83. The highest BCUT2D eigenvalue weighted by Crippen LogP contribution is 2.25. The van der Waals surface area contributed by atoms with Crippen LogP contribution in [0.5, 0.6) is 0 Å². The number of aromatic nitrogens is 3. The molecule has 3 heterocycles. The van der Waals surface area contributed by atoms with Gasteiger partial charge in [-0.05, 0) is 19.1 Å². The van der Waals surface area contributed by atoms with Gasteiger partial charge >= 0.3 is 0 Å². The zero-order chi connectivity index (χ0) is 19.7. The van der Waals surface area contributed by atoms with Crippen molar-refractivity contribution in [1.82, 2.24) is 15.0 Å². The van der Waals surface area contributed by atoms with Gasteiger partial charge in [0.05, 0.1) is 11.1 Å². The SMILES string of the molecule is Cc1cc(N2CCN(c3nc4ccccc4cc3C#N)CC2)nc(N(C)C)n1. The van der Waals surface area contributed by atoms with Gasteiger partial charge in [-0.1, -0.05) is 18.2 Å². The predicted octanol–water partition coefficient (Wildman–Crippen LogP) is 2.60. The number of piperazine rings is 1. The Kier molecular flexibility index (Phi) is 4.70. The molecule has 0 unspecified atom stereocenters. The lowest BCUT2D eigenvalue weighted by molar-refractivity contribution is 0.640. The van der Waals surface area contributed by atoms with E-state index in [0.29, 0.717) is 5.56 Å². The summed E-state index contributed by atoms with van der Waals surface area (Å²) in [6.45, 7) is 5.22. The summed E-state index contributed by atoms with van der Waals surface area (Å²) in [6, 6.07) is 14.2. The molecule has 3 aromatic rings. The van der Waals surface area contributed by atoms with Crippen LogP contribution in [0.3, 0.4) is 0 Å². The van der Waals surface area contributed by atoms with Crippen LogP contribution in [0.4, 0.5) is 17.6 Å². The molecule has 1 aromatic carbocycles. The lowest BCUT2D eigenvalue weighted by Gasteiger charge is -2.36. The molecule has 4 rings (SSSR count). The quantitative estimate of drug-likeness (QED) is 0.699. The first-order valence-corrected chi connectivity index (χ1v) is 9.38. The fourth-order valence-electron chi connectivity index (χ4n) is 3.48. The van der Waals surface area contributed by atoms with E-state index in [1.807, 2.05) is 62.3 Å². The van der Waals surface area contributed by atoms with E-state index in [4.69, 9.17) is 4.98 Å². The van der Waals surface area contributed by atoms with Gasteiger partial charge < -0.3 is 14.7 Å². The van der Waals surface area contributed by atoms with Gasteiger partial charge in [-0.2, -0.15) is 10.2 Å². The van der Waals surface area contributed by atoms with Gasteiger partial charge in [0.15, 0.2) is 0 Å². The molecule has 0 atom stereocenters. The van der Waals surface area contributed by atoms with Gasteiger partial charge in [0.25, 0.3) is 0 Å². The third kappa shape index (κ3) is 3.41. The van der Waals surface area contributed by atoms with E-state index < -0.39 is 0 Å². The van der Waals surface area contributed by atoms with Crippen molar-refractivity contribution in [2.45, 2.75) is 6.92 Å². The molecular formula is C21H23N7. The van der Waals surface area contributed by atoms with E-state index in [9.17, 15) is 5.26 Å². The van der Waals surface area contributed by atoms with Crippen molar-refractivity contribution in [2.75, 3.05) is 55.0 Å². The van der Waals surface area contributed by atoms with Crippen LogP contribution in [-0.4, -0.2) is 55.2 Å². The Morgan fingerprint density at radius 2 is 1.68 bits per heavy atom. The van der Waals surface area contributed by atoms with Crippen LogP contribution in [0.1, 0.15) is 11.3 Å². The van der Waals surface area contributed by atoms with E-state index in [0.717, 1.165) is 60.4 Å². The standard InChI is InChI=1S/C21H23N7/c1-15-12-19(25-21(23-15)26(2)3)27-8-10-28(11-9-27)20-17(14-22)13-16-6-4-5-7-18(16)24-20/h4-7,12-13H,8-11H2,1-3H3. The Bertz CT molecular complexity index is 1050. The third-order valence-corrected chi connectivity index (χ3v) is 4.96. The van der Waals surface area contributed by atoms with Crippen molar-refractivity contribution in [3.8, 4) is 6.07 Å². The summed E-state index contributed by atoms with van der Waals surface area (Å²) in [4.78, 5) is 20.3. The number of hydrogen-bond acceptors (Lipinski definition) is 7. The maximum absolute atomic E-state index is 9.60. The van der Waals surface area contributed by atoms with Crippen molar-refractivity contribution in [3.63, 3.8) is 0 Å². The van der Waals surface area contributed by atoms with Crippen LogP contribution < -0.4 is 14.7 Å². The van der Waals surface area contributed by atoms with Gasteiger partial charge in [0.1, 0.15) is 17.7 Å². The third-order valence-electron chi connectivity index (χ3n) is 4.96. The number of anilines is 3. The Labute approximate surface area is 164 Å². The Morgan fingerprint density at radius 1 is 0.964 bits per heavy atom. The maximum atomic E-state index is 9.60. The monoisotopic (exact) mass is 373 g/mol. The Balaban J connectivity index is 1.57. The molecule has 1 fully saturated rings. The summed E-state index contributed by atoms with van der Waals surface area (Å²) in [5.74, 6) is 2.44. The fraction of sp³-hybridized carbons (Fsp3) is 0.333. The molecule has 28 heavy (non-hydrogen) atoms. The fourth-order valence-corrected chi connectivity index (χ4v) is 3.48. The molecule has 2 aromatic heterocycles. The van der Waals surface area contributed by atoms with E-state index in [1.165, 1.54) is 0 Å². The van der Waals surface area contributed by atoms with E-state index in [1.54, 1.807) is 0 Å². The van der Waals surface area contributed by atoms with Crippen molar-refractivity contribution >= 4 is 28.5 Å². The normalized spacial score (nSPS) is 14.2. The lowest BCUT2D eigenvalue weighted by Crippen LogP contribution is -2.47. The number of pyridine rings is 1. The minimum Gasteiger partial charge on any atom is -0.353 e. The summed E-state index contributed by atoms with van der Waals surface area (Å²) in [5.41, 5.74) is 2.50. The second-order valence-corrected chi connectivity index (χ2v) is 7.20. The highest BCUT2D eigenvalue weighted by atomic mass is 15.3. The largest absolute Gasteiger partial charge is 0.353 e. The van der Waals surface area contributed by atoms with Gasteiger partial charge in [0.2, 0.25) is 5.95 Å². The van der Waals surface area contributed by atoms with Gasteiger partial charge in [-0.15, -0.1) is 0 Å². The first kappa shape index (κ1) is 18.0. The number of nitriles is 1. The summed E-state index contributed by atoms with van der Waals surface area (Å²) in [6.07, 6.45) is 0. The van der Waals surface area contributed by atoms with Crippen LogP contribution in [-0.2, 0) is 0 Å². The number of rotatable bonds is 3. The number of para-hydroxylation sites is 1. The second kappa shape index (κ2) is 7.31. The summed E-state index contributed by atoms with van der Waals surface area (Å²) >= 11 is 0. The number of aryl methyl sites for hydroxylation is 1. The smallest absolute Gasteiger partial charge is 0.226 e. The number of hydrogen-bond donors (Lipinski definition) is 0. The van der Waals surface area contributed by atoms with Crippen molar-refractivity contribution in [2.24, 2.45) is 0 Å². The first-order valence-electron chi connectivity index (χ1n) is 9.38. The van der Waals surface area contributed by atoms with Crippen molar-refractivity contribution < 1.29 is 0 Å². The number of benzene rings is 1.